The number of rotatable bonds is 11. The fraction of sp³-hybridized carbons (Fsp3) is 0.393. The summed E-state index contributed by atoms with van der Waals surface area (Å²) in [5, 5.41) is 9.02. The summed E-state index contributed by atoms with van der Waals surface area (Å²) in [6.07, 6.45) is 2.72. The van der Waals surface area contributed by atoms with Gasteiger partial charge in [0.15, 0.2) is 6.61 Å². The van der Waals surface area contributed by atoms with E-state index in [4.69, 9.17) is 44.6 Å². The van der Waals surface area contributed by atoms with Crippen LogP contribution in [0.4, 0.5) is 5.82 Å². The highest BCUT2D eigenvalue weighted by atomic mass is 35.5. The zero-order valence-corrected chi connectivity index (χ0v) is 24.3. The van der Waals surface area contributed by atoms with Crippen LogP contribution in [0.5, 0.6) is 5.75 Å². The van der Waals surface area contributed by atoms with E-state index in [1.165, 1.54) is 4.90 Å². The van der Waals surface area contributed by atoms with E-state index in [1.807, 2.05) is 26.8 Å². The predicted octanol–water partition coefficient (Wildman–Crippen LogP) is 7.17. The Labute approximate surface area is 239 Å². The summed E-state index contributed by atoms with van der Waals surface area (Å²) in [6, 6.07) is 13.7. The van der Waals surface area contributed by atoms with Gasteiger partial charge in [0.05, 0.1) is 21.4 Å². The minimum Gasteiger partial charge on any atom is -0.484 e. The summed E-state index contributed by atoms with van der Waals surface area (Å²) in [5.41, 5.74) is 1.17. The lowest BCUT2D eigenvalue weighted by Gasteiger charge is -2.22. The number of carbonyl (C=O) groups is 2. The molecule has 38 heavy (non-hydrogen) atoms. The molecule has 0 fully saturated rings. The van der Waals surface area contributed by atoms with Crippen LogP contribution in [-0.4, -0.2) is 46.2 Å². The van der Waals surface area contributed by atoms with E-state index in [2.05, 4.69) is 12.2 Å². The molecule has 0 atom stereocenters. The summed E-state index contributed by atoms with van der Waals surface area (Å²) in [4.78, 5) is 27.7. The summed E-state index contributed by atoms with van der Waals surface area (Å²) in [7, 11) is 0. The second kappa shape index (κ2) is 13.4. The first kappa shape index (κ1) is 29.8. The van der Waals surface area contributed by atoms with Gasteiger partial charge in [0.25, 0.3) is 5.91 Å². The number of ether oxygens (including phenoxy) is 1. The standard InChI is InChI=1S/C28H33Cl3N4O3/c1-5-6-7-14-34(27(37)18-38-21-11-8-19(29)9-12-21)17-26(36)32-25-16-24(28(2,3)4)33-35(25)20-10-13-22(30)23(31)15-20/h8-13,15-16H,5-7,14,17-18H2,1-4H3,(H,32,36). The quantitative estimate of drug-likeness (QED) is 0.244. The number of anilines is 1. The average molecular weight is 580 g/mol. The Hall–Kier alpha value is -2.74. The molecular formula is C28H33Cl3N4O3. The van der Waals surface area contributed by atoms with Crippen LogP contribution in [0, 0.1) is 0 Å². The van der Waals surface area contributed by atoms with Crippen molar-refractivity contribution in [3.8, 4) is 11.4 Å². The molecule has 204 valence electrons. The maximum absolute atomic E-state index is 13.2. The van der Waals surface area contributed by atoms with Crippen molar-refractivity contribution in [2.45, 2.75) is 52.4 Å². The van der Waals surface area contributed by atoms with Gasteiger partial charge in [-0.2, -0.15) is 5.10 Å². The molecule has 0 radical (unpaired) electrons. The van der Waals surface area contributed by atoms with E-state index < -0.39 is 0 Å². The maximum Gasteiger partial charge on any atom is 0.260 e. The zero-order chi connectivity index (χ0) is 27.9. The summed E-state index contributed by atoms with van der Waals surface area (Å²) in [6.45, 7) is 8.34. The van der Waals surface area contributed by atoms with Crippen LogP contribution in [-0.2, 0) is 15.0 Å². The monoisotopic (exact) mass is 578 g/mol. The number of halogens is 3. The topological polar surface area (TPSA) is 76.5 Å². The van der Waals surface area contributed by atoms with Gasteiger partial charge < -0.3 is 15.0 Å². The van der Waals surface area contributed by atoms with Crippen LogP contribution in [0.25, 0.3) is 5.69 Å². The molecular weight excluding hydrogens is 547 g/mol. The summed E-state index contributed by atoms with van der Waals surface area (Å²) < 4.78 is 7.25. The van der Waals surface area contributed by atoms with Crippen molar-refractivity contribution >= 4 is 52.4 Å². The predicted molar refractivity (Wildman–Crippen MR) is 154 cm³/mol. The van der Waals surface area contributed by atoms with Crippen molar-refractivity contribution in [3.63, 3.8) is 0 Å². The number of aromatic nitrogens is 2. The number of hydrogen-bond acceptors (Lipinski definition) is 4. The van der Waals surface area contributed by atoms with Gasteiger partial charge in [-0.25, -0.2) is 4.68 Å². The van der Waals surface area contributed by atoms with Crippen LogP contribution >= 0.6 is 34.8 Å². The third-order valence-corrected chi connectivity index (χ3v) is 6.78. The van der Waals surface area contributed by atoms with Crippen LogP contribution in [0.15, 0.2) is 48.5 Å². The molecule has 1 aromatic heterocycles. The highest BCUT2D eigenvalue weighted by Crippen LogP contribution is 2.29. The third-order valence-electron chi connectivity index (χ3n) is 5.79. The molecule has 1 heterocycles. The second-order valence-corrected chi connectivity index (χ2v) is 11.2. The number of nitrogens with zero attached hydrogens (tertiary/aromatic N) is 3. The fourth-order valence-electron chi connectivity index (χ4n) is 3.62. The normalized spacial score (nSPS) is 11.3. The number of unbranched alkanes of at least 4 members (excludes halogenated alkanes) is 2. The highest BCUT2D eigenvalue weighted by Gasteiger charge is 2.23. The van der Waals surface area contributed by atoms with Crippen molar-refractivity contribution in [3.05, 3.63) is 69.3 Å². The van der Waals surface area contributed by atoms with Gasteiger partial charge in [-0.1, -0.05) is 75.3 Å². The SMILES string of the molecule is CCCCCN(CC(=O)Nc1cc(C(C)(C)C)nn1-c1ccc(Cl)c(Cl)c1)C(=O)COc1ccc(Cl)cc1. The van der Waals surface area contributed by atoms with E-state index in [0.29, 0.717) is 38.9 Å². The summed E-state index contributed by atoms with van der Waals surface area (Å²) >= 11 is 18.3. The number of carbonyl (C=O) groups excluding carboxylic acids is 2. The molecule has 0 aliphatic carbocycles. The van der Waals surface area contributed by atoms with Crippen molar-refractivity contribution in [2.24, 2.45) is 0 Å². The molecule has 0 bridgehead atoms. The Morgan fingerprint density at radius 3 is 2.34 bits per heavy atom. The van der Waals surface area contributed by atoms with Crippen molar-refractivity contribution in [2.75, 3.05) is 25.0 Å². The van der Waals surface area contributed by atoms with Crippen LogP contribution in [0.3, 0.4) is 0 Å². The molecule has 0 saturated carbocycles. The van der Waals surface area contributed by atoms with Gasteiger partial charge in [0.2, 0.25) is 5.91 Å². The molecule has 2 amide bonds. The van der Waals surface area contributed by atoms with E-state index in [-0.39, 0.29) is 30.4 Å². The Morgan fingerprint density at radius 1 is 1.00 bits per heavy atom. The largest absolute Gasteiger partial charge is 0.484 e. The Bertz CT molecular complexity index is 1250. The molecule has 0 saturated heterocycles. The van der Waals surface area contributed by atoms with Crippen molar-refractivity contribution < 1.29 is 14.3 Å². The number of hydrogen-bond donors (Lipinski definition) is 1. The number of amides is 2. The molecule has 0 aliphatic heterocycles. The Morgan fingerprint density at radius 2 is 1.71 bits per heavy atom. The van der Waals surface area contributed by atoms with Gasteiger partial charge in [-0.3, -0.25) is 9.59 Å². The molecule has 7 nitrogen and oxygen atoms in total. The minimum atomic E-state index is -0.344. The molecule has 10 heteroatoms. The smallest absolute Gasteiger partial charge is 0.260 e. The molecule has 3 aromatic rings. The average Bonchev–Trinajstić information content (AvgIpc) is 3.29. The summed E-state index contributed by atoms with van der Waals surface area (Å²) in [5.74, 6) is 0.375. The molecule has 3 rings (SSSR count). The first-order valence-electron chi connectivity index (χ1n) is 12.5. The molecule has 1 N–H and O–H groups in total. The second-order valence-electron chi connectivity index (χ2n) is 9.99. The molecule has 0 aliphatic rings. The first-order valence-corrected chi connectivity index (χ1v) is 13.6. The Balaban J connectivity index is 1.77. The molecule has 2 aromatic carbocycles. The van der Waals surface area contributed by atoms with Crippen LogP contribution < -0.4 is 10.1 Å². The van der Waals surface area contributed by atoms with Gasteiger partial charge in [0.1, 0.15) is 18.1 Å². The van der Waals surface area contributed by atoms with Gasteiger partial charge in [-0.05, 0) is 48.9 Å². The number of nitrogens with one attached hydrogen (secondary N) is 1. The fourth-order valence-corrected chi connectivity index (χ4v) is 4.04. The van der Waals surface area contributed by atoms with Crippen molar-refractivity contribution in [1.82, 2.24) is 14.7 Å². The highest BCUT2D eigenvalue weighted by molar-refractivity contribution is 6.42. The van der Waals surface area contributed by atoms with Gasteiger partial charge >= 0.3 is 0 Å². The zero-order valence-electron chi connectivity index (χ0n) is 22.1. The van der Waals surface area contributed by atoms with E-state index in [0.717, 1.165) is 25.0 Å². The molecule has 0 unspecified atom stereocenters. The van der Waals surface area contributed by atoms with E-state index >= 15 is 0 Å². The third kappa shape index (κ3) is 8.38. The van der Waals surface area contributed by atoms with E-state index in [9.17, 15) is 9.59 Å². The Kier molecular flexibility index (Phi) is 10.5. The minimum absolute atomic E-state index is 0.121. The van der Waals surface area contributed by atoms with Crippen LogP contribution in [0.2, 0.25) is 15.1 Å². The lowest BCUT2D eigenvalue weighted by Crippen LogP contribution is -2.41. The van der Waals surface area contributed by atoms with E-state index in [1.54, 1.807) is 47.1 Å². The van der Waals surface area contributed by atoms with Gasteiger partial charge in [-0.15, -0.1) is 0 Å². The molecule has 0 spiro atoms. The van der Waals surface area contributed by atoms with Crippen molar-refractivity contribution in [1.29, 1.82) is 0 Å². The van der Waals surface area contributed by atoms with Crippen LogP contribution in [0.1, 0.15) is 52.7 Å². The van der Waals surface area contributed by atoms with Gasteiger partial charge in [0, 0.05) is 23.0 Å². The lowest BCUT2D eigenvalue weighted by atomic mass is 9.92. The first-order chi connectivity index (χ1) is 18.0. The maximum atomic E-state index is 13.2. The lowest BCUT2D eigenvalue weighted by molar-refractivity contribution is -0.136. The number of benzene rings is 2.